The third-order valence-corrected chi connectivity index (χ3v) is 4.91. The second-order valence-corrected chi connectivity index (χ2v) is 6.45. The van der Waals surface area contributed by atoms with Gasteiger partial charge in [-0.3, -0.25) is 4.98 Å². The van der Waals surface area contributed by atoms with Gasteiger partial charge in [-0.25, -0.2) is 0 Å². The molecule has 0 aromatic carbocycles. The lowest BCUT2D eigenvalue weighted by Gasteiger charge is -2.17. The Labute approximate surface area is 121 Å². The van der Waals surface area contributed by atoms with Crippen molar-refractivity contribution in [2.45, 2.75) is 19.4 Å². The number of likely N-dealkylation sites (N-methyl/N-ethyl adjacent to an activating group) is 1. The van der Waals surface area contributed by atoms with Gasteiger partial charge in [0.15, 0.2) is 0 Å². The van der Waals surface area contributed by atoms with Crippen molar-refractivity contribution in [2.75, 3.05) is 6.54 Å². The van der Waals surface area contributed by atoms with E-state index < -0.39 is 0 Å². The van der Waals surface area contributed by atoms with Crippen LogP contribution in [0.4, 0.5) is 0 Å². The van der Waals surface area contributed by atoms with Crippen LogP contribution in [0.15, 0.2) is 41.2 Å². The van der Waals surface area contributed by atoms with Crippen molar-refractivity contribution in [1.29, 1.82) is 0 Å². The number of pyridine rings is 1. The molecule has 98 valence electrons. The minimum absolute atomic E-state index is 0.350. The molecule has 19 heavy (non-hydrogen) atoms. The quantitative estimate of drug-likeness (QED) is 0.759. The van der Waals surface area contributed by atoms with Crippen molar-refractivity contribution in [3.05, 3.63) is 51.7 Å². The molecule has 0 amide bonds. The highest BCUT2D eigenvalue weighted by Crippen LogP contribution is 2.25. The molecule has 3 heterocycles. The molecule has 1 unspecified atom stereocenters. The van der Waals surface area contributed by atoms with Crippen LogP contribution < -0.4 is 5.32 Å². The summed E-state index contributed by atoms with van der Waals surface area (Å²) < 4.78 is 1.27. The van der Waals surface area contributed by atoms with Crippen LogP contribution in [0.25, 0.3) is 10.2 Å². The van der Waals surface area contributed by atoms with Gasteiger partial charge in [-0.15, -0.1) is 22.7 Å². The summed E-state index contributed by atoms with van der Waals surface area (Å²) in [6.45, 7) is 3.12. The summed E-state index contributed by atoms with van der Waals surface area (Å²) in [6, 6.07) is 9.01. The topological polar surface area (TPSA) is 24.9 Å². The van der Waals surface area contributed by atoms with Crippen molar-refractivity contribution >= 4 is 32.9 Å². The zero-order chi connectivity index (χ0) is 13.1. The zero-order valence-corrected chi connectivity index (χ0v) is 12.4. The molecule has 3 aromatic heterocycles. The molecule has 3 rings (SSSR count). The van der Waals surface area contributed by atoms with E-state index >= 15 is 0 Å². The van der Waals surface area contributed by atoms with E-state index in [0.29, 0.717) is 6.04 Å². The molecule has 0 fully saturated rings. The average Bonchev–Trinajstić information content (AvgIpc) is 3.08. The van der Waals surface area contributed by atoms with E-state index in [1.165, 1.54) is 15.1 Å². The van der Waals surface area contributed by atoms with Crippen LogP contribution >= 0.6 is 22.7 Å². The van der Waals surface area contributed by atoms with E-state index in [1.54, 1.807) is 11.3 Å². The van der Waals surface area contributed by atoms with Crippen molar-refractivity contribution < 1.29 is 0 Å². The van der Waals surface area contributed by atoms with Crippen molar-refractivity contribution in [3.63, 3.8) is 0 Å². The van der Waals surface area contributed by atoms with Crippen molar-refractivity contribution in [1.82, 2.24) is 10.3 Å². The molecule has 0 bridgehead atoms. The molecule has 3 aromatic rings. The van der Waals surface area contributed by atoms with Gasteiger partial charge in [-0.1, -0.05) is 13.0 Å². The summed E-state index contributed by atoms with van der Waals surface area (Å²) in [7, 11) is 0. The Bertz CT molecular complexity index is 643. The summed E-state index contributed by atoms with van der Waals surface area (Å²) >= 11 is 3.58. The first-order valence-electron chi connectivity index (χ1n) is 6.45. The maximum absolute atomic E-state index is 4.55. The first-order valence-corrected chi connectivity index (χ1v) is 8.21. The Kier molecular flexibility index (Phi) is 3.92. The lowest BCUT2D eigenvalue weighted by atomic mass is 10.0. The molecule has 0 radical (unpaired) electrons. The summed E-state index contributed by atoms with van der Waals surface area (Å²) in [5.74, 6) is 0. The van der Waals surface area contributed by atoms with E-state index in [0.717, 1.165) is 18.5 Å². The third kappa shape index (κ3) is 2.86. The highest BCUT2D eigenvalue weighted by atomic mass is 32.1. The fraction of sp³-hybridized carbons (Fsp3) is 0.267. The minimum Gasteiger partial charge on any atom is -0.310 e. The van der Waals surface area contributed by atoms with E-state index in [9.17, 15) is 0 Å². The molecule has 2 nitrogen and oxygen atoms in total. The first-order chi connectivity index (χ1) is 9.36. The largest absolute Gasteiger partial charge is 0.310 e. The van der Waals surface area contributed by atoms with Crippen LogP contribution in [-0.4, -0.2) is 11.5 Å². The van der Waals surface area contributed by atoms with Crippen molar-refractivity contribution in [3.8, 4) is 0 Å². The lowest BCUT2D eigenvalue weighted by Crippen LogP contribution is -2.22. The van der Waals surface area contributed by atoms with Gasteiger partial charge in [0, 0.05) is 23.5 Å². The highest BCUT2D eigenvalue weighted by Gasteiger charge is 2.13. The average molecular weight is 288 g/mol. The van der Waals surface area contributed by atoms with Crippen LogP contribution in [0.3, 0.4) is 0 Å². The molecule has 0 aliphatic heterocycles. The van der Waals surface area contributed by atoms with Crippen LogP contribution in [0.1, 0.15) is 23.4 Å². The van der Waals surface area contributed by atoms with Gasteiger partial charge in [0.1, 0.15) is 0 Å². The second-order valence-electron chi connectivity index (χ2n) is 4.47. The molecule has 1 N–H and O–H groups in total. The van der Waals surface area contributed by atoms with Crippen LogP contribution in [0, 0.1) is 0 Å². The van der Waals surface area contributed by atoms with Crippen molar-refractivity contribution in [2.24, 2.45) is 0 Å². The number of nitrogens with zero attached hydrogens (tertiary/aromatic N) is 1. The number of fused-ring (bicyclic) bond motifs is 1. The highest BCUT2D eigenvalue weighted by molar-refractivity contribution is 7.17. The molecular weight excluding hydrogens is 272 g/mol. The number of aromatic nitrogens is 1. The van der Waals surface area contributed by atoms with Gasteiger partial charge in [-0.05, 0) is 41.1 Å². The molecule has 1 atom stereocenters. The summed E-state index contributed by atoms with van der Waals surface area (Å²) in [5, 5.41) is 7.80. The van der Waals surface area contributed by atoms with Gasteiger partial charge in [0.25, 0.3) is 0 Å². The Hall–Kier alpha value is -1.23. The molecular formula is C15H16N2S2. The number of hydrogen-bond acceptors (Lipinski definition) is 4. The Morgan fingerprint density at radius 2 is 2.21 bits per heavy atom. The molecule has 4 heteroatoms. The van der Waals surface area contributed by atoms with E-state index in [1.807, 2.05) is 17.5 Å². The standard InChI is InChI=1S/C15H16N2S2/c1-2-16-14(9-12-4-3-6-18-12)11-8-15-13(17-10-11)5-7-19-15/h3-8,10,14,16H,2,9H2,1H3. The molecule has 0 spiro atoms. The maximum Gasteiger partial charge on any atom is 0.0809 e. The zero-order valence-electron chi connectivity index (χ0n) is 10.8. The Morgan fingerprint density at radius 1 is 1.26 bits per heavy atom. The molecule has 0 saturated carbocycles. The summed E-state index contributed by atoms with van der Waals surface area (Å²) in [5.41, 5.74) is 2.38. The maximum atomic E-state index is 4.55. The second kappa shape index (κ2) is 5.82. The predicted octanol–water partition coefficient (Wildman–Crippen LogP) is 4.25. The fourth-order valence-corrected chi connectivity index (χ4v) is 3.78. The van der Waals surface area contributed by atoms with Gasteiger partial charge >= 0.3 is 0 Å². The number of nitrogens with one attached hydrogen (secondary N) is 1. The fourth-order valence-electron chi connectivity index (χ4n) is 2.24. The smallest absolute Gasteiger partial charge is 0.0809 e. The summed E-state index contributed by atoms with van der Waals surface area (Å²) in [4.78, 5) is 5.96. The van der Waals surface area contributed by atoms with E-state index in [-0.39, 0.29) is 0 Å². The number of thiophene rings is 2. The minimum atomic E-state index is 0.350. The lowest BCUT2D eigenvalue weighted by molar-refractivity contribution is 0.552. The Balaban J connectivity index is 1.89. The van der Waals surface area contributed by atoms with Gasteiger partial charge in [-0.2, -0.15) is 0 Å². The number of rotatable bonds is 5. The number of hydrogen-bond donors (Lipinski definition) is 1. The predicted molar refractivity (Wildman–Crippen MR) is 84.1 cm³/mol. The first kappa shape index (κ1) is 12.8. The third-order valence-electron chi connectivity index (χ3n) is 3.16. The van der Waals surface area contributed by atoms with E-state index in [2.05, 4.69) is 52.3 Å². The van der Waals surface area contributed by atoms with E-state index in [4.69, 9.17) is 0 Å². The van der Waals surface area contributed by atoms with Crippen LogP contribution in [0.5, 0.6) is 0 Å². The van der Waals surface area contributed by atoms with Crippen LogP contribution in [-0.2, 0) is 6.42 Å². The van der Waals surface area contributed by atoms with Crippen LogP contribution in [0.2, 0.25) is 0 Å². The monoisotopic (exact) mass is 288 g/mol. The molecule has 0 aliphatic rings. The van der Waals surface area contributed by atoms with Gasteiger partial charge < -0.3 is 5.32 Å². The summed E-state index contributed by atoms with van der Waals surface area (Å²) in [6.07, 6.45) is 3.04. The molecule has 0 aliphatic carbocycles. The molecule has 0 saturated heterocycles. The normalized spacial score (nSPS) is 12.9. The SMILES string of the molecule is CCNC(Cc1cccs1)c1cnc2ccsc2c1. The van der Waals surface area contributed by atoms with Gasteiger partial charge in [0.2, 0.25) is 0 Å². The van der Waals surface area contributed by atoms with Gasteiger partial charge in [0.05, 0.1) is 10.2 Å². The Morgan fingerprint density at radius 3 is 3.00 bits per heavy atom.